The van der Waals surface area contributed by atoms with E-state index in [2.05, 4.69) is 11.3 Å². The number of cyclic esters (lactones) is 3. The lowest BCUT2D eigenvalue weighted by Gasteiger charge is -2.31. The molecular formula is C13H14O7. The SMILES string of the molecule is C=CC(=O)O[C@]1(C)CCOC(=O)C1.O=C1C=CC(=O)O1. The van der Waals surface area contributed by atoms with Gasteiger partial charge in [0, 0.05) is 24.6 Å². The largest absolute Gasteiger partial charge is 0.465 e. The van der Waals surface area contributed by atoms with Gasteiger partial charge >= 0.3 is 23.9 Å². The van der Waals surface area contributed by atoms with Crippen LogP contribution in [-0.2, 0) is 33.4 Å². The lowest BCUT2D eigenvalue weighted by molar-refractivity contribution is -0.171. The molecule has 20 heavy (non-hydrogen) atoms. The Bertz CT molecular complexity index is 461. The zero-order chi connectivity index (χ0) is 15.2. The Hall–Kier alpha value is -2.44. The summed E-state index contributed by atoms with van der Waals surface area (Å²) in [6.07, 6.45) is 3.92. The second kappa shape index (κ2) is 6.65. The van der Waals surface area contributed by atoms with Gasteiger partial charge in [0.1, 0.15) is 5.60 Å². The van der Waals surface area contributed by atoms with Crippen LogP contribution in [0.2, 0.25) is 0 Å². The third-order valence-corrected chi connectivity index (χ3v) is 2.48. The molecule has 0 aromatic heterocycles. The van der Waals surface area contributed by atoms with Crippen LogP contribution in [0, 0.1) is 0 Å². The zero-order valence-corrected chi connectivity index (χ0v) is 10.9. The smallest absolute Gasteiger partial charge is 0.338 e. The molecule has 1 saturated heterocycles. The fourth-order valence-corrected chi connectivity index (χ4v) is 1.50. The van der Waals surface area contributed by atoms with Gasteiger partial charge in [-0.1, -0.05) is 6.58 Å². The minimum atomic E-state index is -0.722. The molecule has 0 radical (unpaired) electrons. The zero-order valence-electron chi connectivity index (χ0n) is 10.9. The minimum absolute atomic E-state index is 0.118. The van der Waals surface area contributed by atoms with Crippen molar-refractivity contribution in [1.29, 1.82) is 0 Å². The van der Waals surface area contributed by atoms with Crippen LogP contribution in [0.1, 0.15) is 19.8 Å². The Kier molecular flexibility index (Phi) is 5.19. The molecule has 0 saturated carbocycles. The predicted molar refractivity (Wildman–Crippen MR) is 65.1 cm³/mol. The number of hydrogen-bond donors (Lipinski definition) is 0. The molecule has 108 valence electrons. The van der Waals surface area contributed by atoms with Gasteiger partial charge in [-0.05, 0) is 6.92 Å². The number of hydrogen-bond acceptors (Lipinski definition) is 7. The van der Waals surface area contributed by atoms with Crippen LogP contribution in [0.4, 0.5) is 0 Å². The molecule has 0 aliphatic carbocycles. The van der Waals surface area contributed by atoms with E-state index in [4.69, 9.17) is 9.47 Å². The van der Waals surface area contributed by atoms with Crippen molar-refractivity contribution in [2.24, 2.45) is 0 Å². The van der Waals surface area contributed by atoms with Crippen LogP contribution in [0.5, 0.6) is 0 Å². The van der Waals surface area contributed by atoms with Crippen molar-refractivity contribution in [2.75, 3.05) is 6.61 Å². The molecule has 2 aliphatic rings. The van der Waals surface area contributed by atoms with Gasteiger partial charge in [-0.15, -0.1) is 0 Å². The maximum Gasteiger partial charge on any atom is 0.338 e. The molecule has 0 aromatic carbocycles. The van der Waals surface area contributed by atoms with Crippen LogP contribution in [0.15, 0.2) is 24.8 Å². The first-order valence-corrected chi connectivity index (χ1v) is 5.79. The van der Waals surface area contributed by atoms with Crippen LogP contribution in [0.25, 0.3) is 0 Å². The van der Waals surface area contributed by atoms with E-state index >= 15 is 0 Å². The highest BCUT2D eigenvalue weighted by atomic mass is 16.6. The van der Waals surface area contributed by atoms with E-state index in [0.29, 0.717) is 13.0 Å². The van der Waals surface area contributed by atoms with E-state index in [0.717, 1.165) is 18.2 Å². The highest BCUT2D eigenvalue weighted by Gasteiger charge is 2.35. The van der Waals surface area contributed by atoms with E-state index in [1.807, 2.05) is 0 Å². The molecule has 7 heteroatoms. The molecule has 0 spiro atoms. The van der Waals surface area contributed by atoms with Crippen LogP contribution < -0.4 is 0 Å². The summed E-state index contributed by atoms with van der Waals surface area (Å²) in [6, 6.07) is 0. The summed E-state index contributed by atoms with van der Waals surface area (Å²) in [5.41, 5.74) is -0.722. The minimum Gasteiger partial charge on any atom is -0.465 e. The molecule has 0 aromatic rings. The quantitative estimate of drug-likeness (QED) is 0.314. The van der Waals surface area contributed by atoms with Crippen molar-refractivity contribution < 1.29 is 33.4 Å². The molecule has 2 rings (SSSR count). The van der Waals surface area contributed by atoms with Crippen molar-refractivity contribution in [2.45, 2.75) is 25.4 Å². The molecule has 0 N–H and O–H groups in total. The van der Waals surface area contributed by atoms with Gasteiger partial charge in [0.2, 0.25) is 0 Å². The van der Waals surface area contributed by atoms with Gasteiger partial charge < -0.3 is 14.2 Å². The van der Waals surface area contributed by atoms with Gasteiger partial charge in [-0.25, -0.2) is 14.4 Å². The first kappa shape index (κ1) is 15.6. The maximum atomic E-state index is 10.9. The third-order valence-electron chi connectivity index (χ3n) is 2.48. The van der Waals surface area contributed by atoms with Gasteiger partial charge in [0.25, 0.3) is 0 Å². The third kappa shape index (κ3) is 5.05. The Labute approximate surface area is 115 Å². The van der Waals surface area contributed by atoms with Crippen molar-refractivity contribution in [3.63, 3.8) is 0 Å². The Morgan fingerprint density at radius 1 is 1.35 bits per heavy atom. The second-order valence-electron chi connectivity index (χ2n) is 4.30. The first-order valence-electron chi connectivity index (χ1n) is 5.79. The number of ether oxygens (including phenoxy) is 3. The lowest BCUT2D eigenvalue weighted by atomic mass is 9.96. The van der Waals surface area contributed by atoms with E-state index in [1.54, 1.807) is 6.92 Å². The van der Waals surface area contributed by atoms with Crippen LogP contribution >= 0.6 is 0 Å². The maximum absolute atomic E-state index is 10.9. The van der Waals surface area contributed by atoms with Crippen molar-refractivity contribution in [3.05, 3.63) is 24.8 Å². The Morgan fingerprint density at radius 2 is 1.95 bits per heavy atom. The molecular weight excluding hydrogens is 268 g/mol. The Balaban J connectivity index is 0.000000240. The van der Waals surface area contributed by atoms with Gasteiger partial charge in [0.05, 0.1) is 13.0 Å². The van der Waals surface area contributed by atoms with Crippen molar-refractivity contribution in [3.8, 4) is 0 Å². The molecule has 0 unspecified atom stereocenters. The number of esters is 4. The second-order valence-corrected chi connectivity index (χ2v) is 4.30. The summed E-state index contributed by atoms with van der Waals surface area (Å²) in [5, 5.41) is 0. The van der Waals surface area contributed by atoms with Crippen molar-refractivity contribution in [1.82, 2.24) is 0 Å². The summed E-state index contributed by atoms with van der Waals surface area (Å²) >= 11 is 0. The molecule has 2 aliphatic heterocycles. The van der Waals surface area contributed by atoms with Crippen LogP contribution in [-0.4, -0.2) is 36.1 Å². The van der Waals surface area contributed by atoms with E-state index in [1.165, 1.54) is 0 Å². The first-order chi connectivity index (χ1) is 9.34. The average molecular weight is 282 g/mol. The number of carbonyl (C=O) groups is 4. The van der Waals surface area contributed by atoms with Gasteiger partial charge in [0.15, 0.2) is 0 Å². The summed E-state index contributed by atoms with van der Waals surface area (Å²) in [7, 11) is 0. The molecule has 0 bridgehead atoms. The van der Waals surface area contributed by atoms with Crippen LogP contribution in [0.3, 0.4) is 0 Å². The van der Waals surface area contributed by atoms with Gasteiger partial charge in [-0.3, -0.25) is 4.79 Å². The predicted octanol–water partition coefficient (Wildman–Crippen LogP) is 0.437. The molecule has 2 heterocycles. The molecule has 0 amide bonds. The normalized spacial score (nSPS) is 24.1. The molecule has 1 fully saturated rings. The van der Waals surface area contributed by atoms with Crippen molar-refractivity contribution >= 4 is 23.9 Å². The summed E-state index contributed by atoms with van der Waals surface area (Å²) < 4.78 is 13.7. The summed E-state index contributed by atoms with van der Waals surface area (Å²) in [4.78, 5) is 41.7. The summed E-state index contributed by atoms with van der Waals surface area (Å²) in [6.45, 7) is 5.31. The number of rotatable bonds is 2. The van der Waals surface area contributed by atoms with E-state index < -0.39 is 23.5 Å². The number of carbonyl (C=O) groups excluding carboxylic acids is 4. The fourth-order valence-electron chi connectivity index (χ4n) is 1.50. The van der Waals surface area contributed by atoms with E-state index in [9.17, 15) is 19.2 Å². The highest BCUT2D eigenvalue weighted by molar-refractivity contribution is 6.04. The summed E-state index contributed by atoms with van der Waals surface area (Å²) in [5.74, 6) is -1.99. The molecule has 7 nitrogen and oxygen atoms in total. The molecule has 1 atom stereocenters. The lowest BCUT2D eigenvalue weighted by Crippen LogP contribution is -2.39. The highest BCUT2D eigenvalue weighted by Crippen LogP contribution is 2.25. The Morgan fingerprint density at radius 3 is 2.35 bits per heavy atom. The van der Waals surface area contributed by atoms with E-state index in [-0.39, 0.29) is 12.4 Å². The fraction of sp³-hybridized carbons (Fsp3) is 0.385. The monoisotopic (exact) mass is 282 g/mol. The standard InChI is InChI=1S/C9H12O4.C4H2O3/c1-3-7(10)13-9(2)4-5-12-8(11)6-9;5-3-1-2-4(6)7-3/h3H,1,4-6H2,2H3;1-2H/t9-;/m1./s1. The van der Waals surface area contributed by atoms with Gasteiger partial charge in [-0.2, -0.15) is 0 Å². The average Bonchev–Trinajstić information content (AvgIpc) is 2.73. The topological polar surface area (TPSA) is 96.0 Å².